The van der Waals surface area contributed by atoms with Crippen LogP contribution >= 0.6 is 0 Å². The number of nitrogens with zero attached hydrogens (tertiary/aromatic N) is 3. The van der Waals surface area contributed by atoms with Crippen molar-refractivity contribution in [3.63, 3.8) is 0 Å². The average molecular weight is 484 g/mol. The van der Waals surface area contributed by atoms with Gasteiger partial charge in [0.05, 0.1) is 24.9 Å². The number of nitrogen functional groups attached to an aromatic ring is 1. The van der Waals surface area contributed by atoms with Gasteiger partial charge in [0.2, 0.25) is 0 Å². The molecule has 0 spiro atoms. The average Bonchev–Trinajstić information content (AvgIpc) is 2.76. The number of anilines is 1. The molecule has 1 amide bonds. The van der Waals surface area contributed by atoms with Crippen LogP contribution in [-0.2, 0) is 21.4 Å². The molecule has 2 aliphatic heterocycles. The molecule has 0 saturated carbocycles. The van der Waals surface area contributed by atoms with Crippen LogP contribution in [0.1, 0.15) is 35.7 Å². The van der Waals surface area contributed by atoms with Gasteiger partial charge in [0, 0.05) is 65.0 Å². The Kier molecular flexibility index (Phi) is 8.57. The van der Waals surface area contributed by atoms with E-state index in [1.165, 1.54) is 4.31 Å². The maximum atomic E-state index is 12.3. The topological polar surface area (TPSA) is 131 Å². The minimum Gasteiger partial charge on any atom is -0.493 e. The lowest BCUT2D eigenvalue weighted by molar-refractivity contribution is -0.0339. The lowest BCUT2D eigenvalue weighted by Crippen LogP contribution is -2.48. The summed E-state index contributed by atoms with van der Waals surface area (Å²) >= 11 is 0. The minimum atomic E-state index is -3.34. The molecule has 0 radical (unpaired) electrons. The van der Waals surface area contributed by atoms with Crippen molar-refractivity contribution in [3.05, 3.63) is 23.3 Å². The van der Waals surface area contributed by atoms with Gasteiger partial charge in [-0.3, -0.25) is 9.69 Å². The molecule has 2 fully saturated rings. The van der Waals surface area contributed by atoms with Crippen molar-refractivity contribution in [2.45, 2.75) is 32.3 Å². The summed E-state index contributed by atoms with van der Waals surface area (Å²) in [6, 6.07) is 3.38. The third-order valence-electron chi connectivity index (χ3n) is 6.35. The van der Waals surface area contributed by atoms with Crippen LogP contribution in [0, 0.1) is 5.92 Å². The number of rotatable bonds is 9. The van der Waals surface area contributed by atoms with E-state index < -0.39 is 16.1 Å². The molecule has 1 aromatic carbocycles. The molecule has 1 atom stereocenters. The predicted molar refractivity (Wildman–Crippen MR) is 127 cm³/mol. The fraction of sp³-hybridized carbons (Fsp3) is 0.682. The van der Waals surface area contributed by atoms with E-state index >= 15 is 0 Å². The first-order valence-corrected chi connectivity index (χ1v) is 12.9. The van der Waals surface area contributed by atoms with Gasteiger partial charge in [0.25, 0.3) is 16.1 Å². The zero-order chi connectivity index (χ0) is 24.2. The lowest BCUT2D eigenvalue weighted by atomic mass is 9.96. The van der Waals surface area contributed by atoms with Crippen molar-refractivity contribution < 1.29 is 22.7 Å². The molecule has 1 aromatic rings. The molecule has 0 aliphatic carbocycles. The van der Waals surface area contributed by atoms with E-state index in [0.717, 1.165) is 38.0 Å². The van der Waals surface area contributed by atoms with Crippen LogP contribution in [0.25, 0.3) is 0 Å². The van der Waals surface area contributed by atoms with Crippen molar-refractivity contribution >= 4 is 21.8 Å². The SMILES string of the molecule is CCOc1cc(N)c(CC2CN(CC3CCN(S(=O)(=O)N(C)C)CC3)CCO2)cc1C(N)=O. The number of carbonyl (C=O) groups is 1. The predicted octanol–water partition coefficient (Wildman–Crippen LogP) is 0.528. The van der Waals surface area contributed by atoms with E-state index in [-0.39, 0.29) is 6.10 Å². The van der Waals surface area contributed by atoms with Crippen LogP contribution in [0.2, 0.25) is 0 Å². The Morgan fingerprint density at radius 1 is 1.24 bits per heavy atom. The van der Waals surface area contributed by atoms with Crippen LogP contribution in [0.5, 0.6) is 5.75 Å². The number of nitrogens with two attached hydrogens (primary N) is 2. The third-order valence-corrected chi connectivity index (χ3v) is 8.30. The first kappa shape index (κ1) is 25.7. The van der Waals surface area contributed by atoms with Gasteiger partial charge < -0.3 is 20.9 Å². The first-order valence-electron chi connectivity index (χ1n) is 11.5. The number of morpholine rings is 1. The van der Waals surface area contributed by atoms with E-state index in [0.29, 0.717) is 55.6 Å². The normalized spacial score (nSPS) is 21.4. The Morgan fingerprint density at radius 3 is 2.55 bits per heavy atom. The molecule has 2 aliphatic rings. The van der Waals surface area contributed by atoms with E-state index in [1.54, 1.807) is 30.5 Å². The summed E-state index contributed by atoms with van der Waals surface area (Å²) in [5.74, 6) is 0.308. The summed E-state index contributed by atoms with van der Waals surface area (Å²) in [5.41, 5.74) is 13.5. The van der Waals surface area contributed by atoms with Gasteiger partial charge in [-0.1, -0.05) is 0 Å². The highest BCUT2D eigenvalue weighted by atomic mass is 32.2. The second-order valence-corrected chi connectivity index (χ2v) is 11.1. The maximum Gasteiger partial charge on any atom is 0.281 e. The van der Waals surface area contributed by atoms with E-state index in [9.17, 15) is 13.2 Å². The molecule has 186 valence electrons. The highest BCUT2D eigenvalue weighted by Gasteiger charge is 2.31. The van der Waals surface area contributed by atoms with Crippen molar-refractivity contribution in [1.82, 2.24) is 13.5 Å². The van der Waals surface area contributed by atoms with Crippen molar-refractivity contribution in [1.29, 1.82) is 0 Å². The summed E-state index contributed by atoms with van der Waals surface area (Å²) < 4.78 is 39.0. The van der Waals surface area contributed by atoms with Crippen LogP contribution in [0.3, 0.4) is 0 Å². The molecule has 11 heteroatoms. The van der Waals surface area contributed by atoms with Gasteiger partial charge in [-0.25, -0.2) is 0 Å². The number of hydrogen-bond donors (Lipinski definition) is 2. The Morgan fingerprint density at radius 2 is 1.94 bits per heavy atom. The third kappa shape index (κ3) is 6.36. The zero-order valence-electron chi connectivity index (χ0n) is 19.8. The van der Waals surface area contributed by atoms with Gasteiger partial charge >= 0.3 is 0 Å². The molecule has 2 saturated heterocycles. The van der Waals surface area contributed by atoms with Gasteiger partial charge in [-0.2, -0.15) is 17.0 Å². The largest absolute Gasteiger partial charge is 0.493 e. The fourth-order valence-corrected chi connectivity index (χ4v) is 5.65. The van der Waals surface area contributed by atoms with E-state index in [1.807, 2.05) is 6.92 Å². The summed E-state index contributed by atoms with van der Waals surface area (Å²) in [7, 11) is -0.205. The maximum absolute atomic E-state index is 12.3. The molecule has 0 aromatic heterocycles. The Labute approximate surface area is 197 Å². The van der Waals surface area contributed by atoms with Gasteiger partial charge in [0.1, 0.15) is 5.75 Å². The fourth-order valence-electron chi connectivity index (χ4n) is 4.52. The van der Waals surface area contributed by atoms with Crippen molar-refractivity contribution in [3.8, 4) is 5.75 Å². The van der Waals surface area contributed by atoms with E-state index in [4.69, 9.17) is 20.9 Å². The lowest BCUT2D eigenvalue weighted by Gasteiger charge is -2.38. The van der Waals surface area contributed by atoms with Gasteiger partial charge in [-0.05, 0) is 37.3 Å². The summed E-state index contributed by atoms with van der Waals surface area (Å²) in [5, 5.41) is 0. The number of primary amides is 1. The number of ether oxygens (including phenoxy) is 2. The van der Waals surface area contributed by atoms with Crippen LogP contribution in [-0.4, -0.2) is 94.0 Å². The molecule has 0 bridgehead atoms. The monoisotopic (exact) mass is 483 g/mol. The highest BCUT2D eigenvalue weighted by molar-refractivity contribution is 7.86. The van der Waals surface area contributed by atoms with Crippen LogP contribution in [0.4, 0.5) is 5.69 Å². The standard InChI is InChI=1S/C22H37N5O5S/c1-4-31-21-13-20(23)17(12-19(21)22(24)28)11-18-15-26(9-10-32-18)14-16-5-7-27(8-6-16)33(29,30)25(2)3/h12-13,16,18H,4-11,14-15,23H2,1-3H3,(H2,24,28). The number of hydrogen-bond acceptors (Lipinski definition) is 7. The van der Waals surface area contributed by atoms with Gasteiger partial charge in [0.15, 0.2) is 0 Å². The second-order valence-electron chi connectivity index (χ2n) is 8.93. The van der Waals surface area contributed by atoms with Crippen LogP contribution < -0.4 is 16.2 Å². The highest BCUT2D eigenvalue weighted by Crippen LogP contribution is 2.28. The quantitative estimate of drug-likeness (QED) is 0.490. The number of carbonyl (C=O) groups excluding carboxylic acids is 1. The number of benzene rings is 1. The molecular weight excluding hydrogens is 446 g/mol. The Hall–Kier alpha value is -1.92. The Balaban J connectivity index is 1.57. The summed E-state index contributed by atoms with van der Waals surface area (Å²) in [4.78, 5) is 14.2. The summed E-state index contributed by atoms with van der Waals surface area (Å²) in [6.07, 6.45) is 2.23. The molecule has 10 nitrogen and oxygen atoms in total. The molecule has 1 unspecified atom stereocenters. The van der Waals surface area contributed by atoms with Crippen LogP contribution in [0.15, 0.2) is 12.1 Å². The molecule has 33 heavy (non-hydrogen) atoms. The van der Waals surface area contributed by atoms with Gasteiger partial charge in [-0.15, -0.1) is 0 Å². The number of amides is 1. The minimum absolute atomic E-state index is 0.0473. The van der Waals surface area contributed by atoms with Crippen molar-refractivity contribution in [2.75, 3.05) is 65.8 Å². The van der Waals surface area contributed by atoms with E-state index in [2.05, 4.69) is 4.90 Å². The number of piperidine rings is 1. The first-order chi connectivity index (χ1) is 15.6. The van der Waals surface area contributed by atoms with Crippen molar-refractivity contribution in [2.24, 2.45) is 11.7 Å². The smallest absolute Gasteiger partial charge is 0.281 e. The molecule has 4 N–H and O–H groups in total. The Bertz CT molecular complexity index is 931. The molecule has 2 heterocycles. The molecule has 3 rings (SSSR count). The zero-order valence-corrected chi connectivity index (χ0v) is 20.6. The molecular formula is C22H37N5O5S. The second kappa shape index (κ2) is 11.0. The summed E-state index contributed by atoms with van der Waals surface area (Å²) in [6.45, 7) is 6.51.